The predicted molar refractivity (Wildman–Crippen MR) is 79.5 cm³/mol. The molecule has 0 spiro atoms. The Kier molecular flexibility index (Phi) is 4.17. The number of likely N-dealkylation sites (N-methyl/N-ethyl adjacent to an activating group) is 1. The number of nitrogens with zero attached hydrogens (tertiary/aromatic N) is 2. The van der Waals surface area contributed by atoms with Crippen molar-refractivity contribution in [2.75, 3.05) is 11.9 Å². The fourth-order valence-corrected chi connectivity index (χ4v) is 1.97. The van der Waals surface area contributed by atoms with E-state index in [1.54, 1.807) is 24.1 Å². The Morgan fingerprint density at radius 3 is 2.50 bits per heavy atom. The SMILES string of the molecule is Cc1cccc(N(C)C(=O)Cc2ccc(C#N)cc2)c1. The van der Waals surface area contributed by atoms with Gasteiger partial charge in [0.15, 0.2) is 0 Å². The van der Waals surface area contributed by atoms with Crippen molar-refractivity contribution in [1.82, 2.24) is 0 Å². The zero-order chi connectivity index (χ0) is 14.5. The third-order valence-corrected chi connectivity index (χ3v) is 3.20. The first-order valence-corrected chi connectivity index (χ1v) is 6.42. The van der Waals surface area contributed by atoms with E-state index in [0.29, 0.717) is 12.0 Å². The standard InChI is InChI=1S/C17H16N2O/c1-13-4-3-5-16(10-13)19(2)17(20)11-14-6-8-15(12-18)9-7-14/h3-10H,11H2,1-2H3. The van der Waals surface area contributed by atoms with Crippen LogP contribution in [-0.2, 0) is 11.2 Å². The highest BCUT2D eigenvalue weighted by atomic mass is 16.2. The minimum Gasteiger partial charge on any atom is -0.315 e. The average Bonchev–Trinajstić information content (AvgIpc) is 2.47. The number of nitriles is 1. The molecule has 3 nitrogen and oxygen atoms in total. The van der Waals surface area contributed by atoms with Crippen LogP contribution in [0.25, 0.3) is 0 Å². The number of aryl methyl sites for hydroxylation is 1. The van der Waals surface area contributed by atoms with Gasteiger partial charge in [0.1, 0.15) is 0 Å². The van der Waals surface area contributed by atoms with Gasteiger partial charge in [-0.05, 0) is 42.3 Å². The Balaban J connectivity index is 2.09. The number of anilines is 1. The van der Waals surface area contributed by atoms with Crippen LogP contribution in [0.4, 0.5) is 5.69 Å². The fraction of sp³-hybridized carbons (Fsp3) is 0.176. The van der Waals surface area contributed by atoms with Gasteiger partial charge in [0, 0.05) is 12.7 Å². The predicted octanol–water partition coefficient (Wildman–Crippen LogP) is 3.07. The maximum atomic E-state index is 12.2. The van der Waals surface area contributed by atoms with Crippen LogP contribution in [0, 0.1) is 18.3 Å². The molecule has 0 aliphatic heterocycles. The summed E-state index contributed by atoms with van der Waals surface area (Å²) in [5.74, 6) is 0.0281. The maximum absolute atomic E-state index is 12.2. The van der Waals surface area contributed by atoms with Crippen molar-refractivity contribution in [3.8, 4) is 6.07 Å². The lowest BCUT2D eigenvalue weighted by molar-refractivity contribution is -0.117. The van der Waals surface area contributed by atoms with Crippen LogP contribution < -0.4 is 4.90 Å². The van der Waals surface area contributed by atoms with Gasteiger partial charge in [0.05, 0.1) is 18.1 Å². The third-order valence-electron chi connectivity index (χ3n) is 3.20. The molecular weight excluding hydrogens is 248 g/mol. The zero-order valence-corrected chi connectivity index (χ0v) is 11.6. The van der Waals surface area contributed by atoms with Crippen LogP contribution in [-0.4, -0.2) is 13.0 Å². The molecule has 0 saturated carbocycles. The lowest BCUT2D eigenvalue weighted by Crippen LogP contribution is -2.27. The molecule has 3 heteroatoms. The summed E-state index contributed by atoms with van der Waals surface area (Å²) in [7, 11) is 1.78. The van der Waals surface area contributed by atoms with Crippen molar-refractivity contribution in [2.24, 2.45) is 0 Å². The van der Waals surface area contributed by atoms with E-state index >= 15 is 0 Å². The van der Waals surface area contributed by atoms with Crippen molar-refractivity contribution in [1.29, 1.82) is 5.26 Å². The normalized spacial score (nSPS) is 9.85. The highest BCUT2D eigenvalue weighted by molar-refractivity contribution is 5.94. The molecular formula is C17H16N2O. The molecule has 0 N–H and O–H groups in total. The van der Waals surface area contributed by atoms with E-state index in [4.69, 9.17) is 5.26 Å². The van der Waals surface area contributed by atoms with Gasteiger partial charge in [-0.3, -0.25) is 4.79 Å². The van der Waals surface area contributed by atoms with Crippen molar-refractivity contribution in [3.63, 3.8) is 0 Å². The van der Waals surface area contributed by atoms with E-state index in [0.717, 1.165) is 16.8 Å². The van der Waals surface area contributed by atoms with Crippen LogP contribution in [0.1, 0.15) is 16.7 Å². The van der Waals surface area contributed by atoms with Crippen LogP contribution in [0.15, 0.2) is 48.5 Å². The Morgan fingerprint density at radius 1 is 1.20 bits per heavy atom. The molecule has 2 rings (SSSR count). The number of benzene rings is 2. The topological polar surface area (TPSA) is 44.1 Å². The van der Waals surface area contributed by atoms with E-state index in [2.05, 4.69) is 6.07 Å². The van der Waals surface area contributed by atoms with Crippen molar-refractivity contribution in [2.45, 2.75) is 13.3 Å². The Hall–Kier alpha value is -2.60. The summed E-state index contributed by atoms with van der Waals surface area (Å²) >= 11 is 0. The number of carbonyl (C=O) groups excluding carboxylic acids is 1. The molecule has 0 radical (unpaired) electrons. The van der Waals surface area contributed by atoms with Gasteiger partial charge in [-0.25, -0.2) is 0 Å². The molecule has 2 aromatic rings. The van der Waals surface area contributed by atoms with Gasteiger partial charge >= 0.3 is 0 Å². The molecule has 0 bridgehead atoms. The highest BCUT2D eigenvalue weighted by Crippen LogP contribution is 2.15. The Labute approximate surface area is 119 Å². The number of carbonyl (C=O) groups is 1. The van der Waals surface area contributed by atoms with Crippen LogP contribution in [0.5, 0.6) is 0 Å². The van der Waals surface area contributed by atoms with E-state index in [9.17, 15) is 4.79 Å². The molecule has 0 atom stereocenters. The molecule has 20 heavy (non-hydrogen) atoms. The second-order valence-corrected chi connectivity index (χ2v) is 4.78. The van der Waals surface area contributed by atoms with Crippen molar-refractivity contribution in [3.05, 3.63) is 65.2 Å². The number of hydrogen-bond donors (Lipinski definition) is 0. The second kappa shape index (κ2) is 6.03. The molecule has 0 saturated heterocycles. The van der Waals surface area contributed by atoms with Gasteiger partial charge < -0.3 is 4.90 Å². The molecule has 100 valence electrons. The van der Waals surface area contributed by atoms with Crippen molar-refractivity contribution < 1.29 is 4.79 Å². The first-order chi connectivity index (χ1) is 9.60. The first kappa shape index (κ1) is 13.8. The number of hydrogen-bond acceptors (Lipinski definition) is 2. The monoisotopic (exact) mass is 264 g/mol. The maximum Gasteiger partial charge on any atom is 0.231 e. The minimum absolute atomic E-state index is 0.0281. The number of amides is 1. The number of rotatable bonds is 3. The third kappa shape index (κ3) is 3.24. The Bertz CT molecular complexity index is 653. The first-order valence-electron chi connectivity index (χ1n) is 6.42. The molecule has 0 unspecified atom stereocenters. The summed E-state index contributed by atoms with van der Waals surface area (Å²) < 4.78 is 0. The summed E-state index contributed by atoms with van der Waals surface area (Å²) in [4.78, 5) is 13.9. The van der Waals surface area contributed by atoms with Crippen LogP contribution in [0.2, 0.25) is 0 Å². The van der Waals surface area contributed by atoms with Gasteiger partial charge in [-0.1, -0.05) is 24.3 Å². The molecule has 0 aromatic heterocycles. The minimum atomic E-state index is 0.0281. The largest absolute Gasteiger partial charge is 0.315 e. The van der Waals surface area contributed by atoms with Crippen LogP contribution in [0.3, 0.4) is 0 Å². The highest BCUT2D eigenvalue weighted by Gasteiger charge is 2.11. The Morgan fingerprint density at radius 2 is 1.90 bits per heavy atom. The van der Waals surface area contributed by atoms with Gasteiger partial charge in [-0.15, -0.1) is 0 Å². The summed E-state index contributed by atoms with van der Waals surface area (Å²) in [6.45, 7) is 2.00. The van der Waals surface area contributed by atoms with Gasteiger partial charge in [0.25, 0.3) is 0 Å². The van der Waals surface area contributed by atoms with Gasteiger partial charge in [-0.2, -0.15) is 5.26 Å². The molecule has 1 amide bonds. The quantitative estimate of drug-likeness (QED) is 0.855. The van der Waals surface area contributed by atoms with E-state index in [-0.39, 0.29) is 5.91 Å². The smallest absolute Gasteiger partial charge is 0.231 e. The van der Waals surface area contributed by atoms with Crippen LogP contribution >= 0.6 is 0 Å². The zero-order valence-electron chi connectivity index (χ0n) is 11.6. The summed E-state index contributed by atoms with van der Waals surface area (Å²) in [6.07, 6.45) is 0.330. The summed E-state index contributed by atoms with van der Waals surface area (Å²) in [6, 6.07) is 17.0. The van der Waals surface area contributed by atoms with E-state index in [1.807, 2.05) is 43.3 Å². The lowest BCUT2D eigenvalue weighted by Gasteiger charge is -2.18. The average molecular weight is 264 g/mol. The fourth-order valence-electron chi connectivity index (χ4n) is 1.97. The second-order valence-electron chi connectivity index (χ2n) is 4.78. The van der Waals surface area contributed by atoms with E-state index in [1.165, 1.54) is 0 Å². The summed E-state index contributed by atoms with van der Waals surface area (Å²) in [5.41, 5.74) is 3.53. The molecule has 0 fully saturated rings. The van der Waals surface area contributed by atoms with Gasteiger partial charge in [0.2, 0.25) is 5.91 Å². The van der Waals surface area contributed by atoms with E-state index < -0.39 is 0 Å². The molecule has 2 aromatic carbocycles. The molecule has 0 heterocycles. The molecule has 0 aliphatic rings. The summed E-state index contributed by atoms with van der Waals surface area (Å²) in [5, 5.41) is 8.75. The van der Waals surface area contributed by atoms with Crippen molar-refractivity contribution >= 4 is 11.6 Å². The lowest BCUT2D eigenvalue weighted by atomic mass is 10.1. The molecule has 0 aliphatic carbocycles.